The number of halogens is 5. The van der Waals surface area contributed by atoms with Gasteiger partial charge in [0.25, 0.3) is 0 Å². The second-order valence-electron chi connectivity index (χ2n) is 13.8. The van der Waals surface area contributed by atoms with Crippen molar-refractivity contribution in [2.75, 3.05) is 26.2 Å². The molecule has 3 aliphatic heterocycles. The Bertz CT molecular complexity index is 1940. The Labute approximate surface area is 324 Å². The van der Waals surface area contributed by atoms with Gasteiger partial charge in [-0.3, -0.25) is 15.2 Å². The lowest BCUT2D eigenvalue weighted by Crippen LogP contribution is -2.52. The van der Waals surface area contributed by atoms with Crippen LogP contribution in [0.5, 0.6) is 11.5 Å². The largest absolute Gasteiger partial charge is 0.489 e. The number of aromatic nitrogens is 1. The van der Waals surface area contributed by atoms with Crippen molar-refractivity contribution in [3.05, 3.63) is 109 Å². The summed E-state index contributed by atoms with van der Waals surface area (Å²) in [6.45, 7) is 0.123. The molecule has 1 unspecified atom stereocenters. The lowest BCUT2D eigenvalue weighted by Gasteiger charge is -2.44. The van der Waals surface area contributed by atoms with Crippen LogP contribution in [0.4, 0.5) is 13.2 Å². The van der Waals surface area contributed by atoms with E-state index in [0.29, 0.717) is 46.6 Å². The number of benzene rings is 2. The van der Waals surface area contributed by atoms with E-state index in [1.54, 1.807) is 24.3 Å². The Morgan fingerprint density at radius 2 is 1.74 bits per heavy atom. The van der Waals surface area contributed by atoms with Gasteiger partial charge in [0.15, 0.2) is 11.5 Å². The minimum absolute atomic E-state index is 0.0415. The standard InChI is InChI=1S/C39H38Cl2F3N3O6S/c40-29-18-45-19-30(41)28(29)16-32(24-6-8-31(53-39(43)44)33(15-24)50-21-22-4-5-22)51-37(48)35-9-7-27(54-35)17-46-36(25-2-1-3-26(42)14-25)38(49)52-34-20-47-12-10-23(34)11-13-47/h1-3,6-9,14-15,18-19,22-23,32,34,36,39,46H,4-5,10-13,16-17,20-21H2/t32-,34-,36?/m0/s1. The van der Waals surface area contributed by atoms with Crippen molar-refractivity contribution in [2.45, 2.75) is 63.5 Å². The minimum atomic E-state index is -3.07. The molecule has 0 spiro atoms. The van der Waals surface area contributed by atoms with Gasteiger partial charge in [-0.2, -0.15) is 8.78 Å². The van der Waals surface area contributed by atoms with Crippen LogP contribution in [0.3, 0.4) is 0 Å². The molecule has 2 aromatic heterocycles. The van der Waals surface area contributed by atoms with Crippen LogP contribution in [0, 0.1) is 17.7 Å². The number of thiophene rings is 1. The summed E-state index contributed by atoms with van der Waals surface area (Å²) in [5.74, 6) is -1.03. The van der Waals surface area contributed by atoms with Crippen LogP contribution in [0.15, 0.2) is 67.0 Å². The first-order valence-corrected chi connectivity index (χ1v) is 19.4. The first-order valence-electron chi connectivity index (χ1n) is 17.8. The fourth-order valence-corrected chi connectivity index (χ4v) is 8.19. The summed E-state index contributed by atoms with van der Waals surface area (Å²) in [6, 6.07) is 12.6. The third-order valence-corrected chi connectivity index (χ3v) is 11.7. The topological polar surface area (TPSA) is 99.2 Å². The smallest absolute Gasteiger partial charge is 0.387 e. The number of fused-ring (bicyclic) bond motifs is 3. The molecule has 8 rings (SSSR count). The van der Waals surface area contributed by atoms with Gasteiger partial charge in [0.2, 0.25) is 0 Å². The van der Waals surface area contributed by atoms with E-state index < -0.39 is 36.5 Å². The number of hydrogen-bond donors (Lipinski definition) is 1. The Hall–Kier alpha value is -3.88. The highest BCUT2D eigenvalue weighted by Gasteiger charge is 2.38. The lowest BCUT2D eigenvalue weighted by molar-refractivity contribution is -0.161. The predicted molar refractivity (Wildman–Crippen MR) is 197 cm³/mol. The van der Waals surface area contributed by atoms with Crippen LogP contribution < -0.4 is 14.8 Å². The molecule has 1 aliphatic carbocycles. The van der Waals surface area contributed by atoms with Crippen LogP contribution in [-0.4, -0.2) is 60.8 Å². The first kappa shape index (κ1) is 38.4. The Balaban J connectivity index is 1.08. The molecular weight excluding hydrogens is 766 g/mol. The number of alkyl halides is 2. The molecule has 4 fully saturated rings. The zero-order valence-electron chi connectivity index (χ0n) is 29.0. The maximum absolute atomic E-state index is 14.3. The zero-order valence-corrected chi connectivity index (χ0v) is 31.4. The Kier molecular flexibility index (Phi) is 12.3. The highest BCUT2D eigenvalue weighted by Crippen LogP contribution is 2.39. The summed E-state index contributed by atoms with van der Waals surface area (Å²) in [5, 5.41) is 3.74. The van der Waals surface area contributed by atoms with Gasteiger partial charge in [0.05, 0.1) is 16.7 Å². The highest BCUT2D eigenvalue weighted by atomic mass is 35.5. The molecule has 0 amide bonds. The van der Waals surface area contributed by atoms with Gasteiger partial charge >= 0.3 is 18.6 Å². The van der Waals surface area contributed by atoms with Gasteiger partial charge in [-0.25, -0.2) is 14.0 Å². The molecule has 15 heteroatoms. The molecule has 9 nitrogen and oxygen atoms in total. The molecule has 54 heavy (non-hydrogen) atoms. The predicted octanol–water partition coefficient (Wildman–Crippen LogP) is 8.59. The van der Waals surface area contributed by atoms with Gasteiger partial charge in [-0.1, -0.05) is 41.4 Å². The van der Waals surface area contributed by atoms with Crippen molar-refractivity contribution in [1.29, 1.82) is 0 Å². The summed E-state index contributed by atoms with van der Waals surface area (Å²) in [5.41, 5.74) is 1.35. The van der Waals surface area contributed by atoms with Crippen LogP contribution in [-0.2, 0) is 27.2 Å². The number of esters is 2. The summed E-state index contributed by atoms with van der Waals surface area (Å²) < 4.78 is 63.5. The van der Waals surface area contributed by atoms with E-state index in [4.69, 9.17) is 42.1 Å². The molecule has 4 aliphatic rings. The van der Waals surface area contributed by atoms with E-state index in [1.807, 2.05) is 0 Å². The molecular formula is C39H38Cl2F3N3O6S. The van der Waals surface area contributed by atoms with Crippen LogP contribution in [0.1, 0.15) is 69.1 Å². The van der Waals surface area contributed by atoms with E-state index in [-0.39, 0.29) is 45.5 Å². The van der Waals surface area contributed by atoms with Crippen LogP contribution in [0.2, 0.25) is 10.0 Å². The quantitative estimate of drug-likeness (QED) is 0.112. The van der Waals surface area contributed by atoms with E-state index in [9.17, 15) is 22.8 Å². The fourth-order valence-electron chi connectivity index (χ4n) is 6.83. The van der Waals surface area contributed by atoms with E-state index in [2.05, 4.69) is 15.2 Å². The number of ether oxygens (including phenoxy) is 4. The minimum Gasteiger partial charge on any atom is -0.489 e. The number of hydrogen-bond acceptors (Lipinski definition) is 10. The van der Waals surface area contributed by atoms with Gasteiger partial charge in [0.1, 0.15) is 28.9 Å². The third kappa shape index (κ3) is 9.67. The average Bonchev–Trinajstić information content (AvgIpc) is 3.87. The molecule has 0 radical (unpaired) electrons. The summed E-state index contributed by atoms with van der Waals surface area (Å²) in [6.07, 6.45) is 5.61. The Morgan fingerprint density at radius 3 is 2.43 bits per heavy atom. The first-order chi connectivity index (χ1) is 26.1. The SMILES string of the molecule is O=C(O[C@@H](Cc1c(Cl)cncc1Cl)c1ccc(OC(F)F)c(OCC2CC2)c1)c1ccc(CNC(C(=O)O[C@H]2CN3CCC2CC3)c2cccc(F)c2)s1. The second-order valence-corrected chi connectivity index (χ2v) is 15.7. The normalized spacial score (nSPS) is 20.4. The molecule has 5 heterocycles. The van der Waals surface area contributed by atoms with Crippen molar-refractivity contribution < 1.29 is 41.7 Å². The summed E-state index contributed by atoms with van der Waals surface area (Å²) in [4.78, 5) is 34.6. The third-order valence-electron chi connectivity index (χ3n) is 9.94. The molecule has 286 valence electrons. The highest BCUT2D eigenvalue weighted by molar-refractivity contribution is 7.13. The number of piperidine rings is 3. The number of carbonyl (C=O) groups excluding carboxylic acids is 2. The fraction of sp³-hybridized carbons (Fsp3) is 0.410. The van der Waals surface area contributed by atoms with Crippen LogP contribution >= 0.6 is 34.5 Å². The summed E-state index contributed by atoms with van der Waals surface area (Å²) >= 11 is 14.1. The molecule has 2 bridgehead atoms. The number of carbonyl (C=O) groups is 2. The van der Waals surface area contributed by atoms with E-state index >= 15 is 0 Å². The number of rotatable bonds is 16. The average molecular weight is 805 g/mol. The molecule has 3 saturated heterocycles. The monoisotopic (exact) mass is 803 g/mol. The molecule has 4 aromatic rings. The maximum Gasteiger partial charge on any atom is 0.387 e. The van der Waals surface area contributed by atoms with Crippen molar-refractivity contribution in [1.82, 2.24) is 15.2 Å². The van der Waals surface area contributed by atoms with Crippen molar-refractivity contribution in [3.8, 4) is 11.5 Å². The summed E-state index contributed by atoms with van der Waals surface area (Å²) in [7, 11) is 0. The van der Waals surface area contributed by atoms with Crippen molar-refractivity contribution in [2.24, 2.45) is 11.8 Å². The van der Waals surface area contributed by atoms with Gasteiger partial charge in [-0.05, 0) is 104 Å². The van der Waals surface area contributed by atoms with E-state index in [0.717, 1.165) is 50.1 Å². The Morgan fingerprint density at radius 1 is 0.963 bits per heavy atom. The number of nitrogens with zero attached hydrogens (tertiary/aromatic N) is 2. The number of pyridine rings is 1. The molecule has 2 aromatic carbocycles. The molecule has 3 atom stereocenters. The van der Waals surface area contributed by atoms with Gasteiger partial charge in [-0.15, -0.1) is 11.3 Å². The molecule has 1 saturated carbocycles. The maximum atomic E-state index is 14.3. The van der Waals surface area contributed by atoms with Crippen molar-refractivity contribution >= 4 is 46.5 Å². The van der Waals surface area contributed by atoms with E-state index in [1.165, 1.54) is 42.7 Å². The molecule has 1 N–H and O–H groups in total. The zero-order chi connectivity index (χ0) is 37.8. The van der Waals surface area contributed by atoms with Crippen LogP contribution in [0.25, 0.3) is 0 Å². The number of nitrogens with one attached hydrogen (secondary N) is 1. The van der Waals surface area contributed by atoms with Gasteiger partial charge in [0, 0.05) is 36.8 Å². The lowest BCUT2D eigenvalue weighted by atomic mass is 9.86. The van der Waals surface area contributed by atoms with Crippen molar-refractivity contribution in [3.63, 3.8) is 0 Å². The van der Waals surface area contributed by atoms with Gasteiger partial charge < -0.3 is 18.9 Å². The second kappa shape index (κ2) is 17.3.